The lowest BCUT2D eigenvalue weighted by atomic mass is 9.99. The van der Waals surface area contributed by atoms with Gasteiger partial charge in [0.15, 0.2) is 0 Å². The third-order valence-corrected chi connectivity index (χ3v) is 3.87. The van der Waals surface area contributed by atoms with E-state index in [1.807, 2.05) is 6.92 Å². The Morgan fingerprint density at radius 3 is 2.08 bits per heavy atom. The van der Waals surface area contributed by atoms with E-state index >= 15 is 0 Å². The summed E-state index contributed by atoms with van der Waals surface area (Å²) in [5.74, 6) is 0. The molecule has 0 aromatic heterocycles. The monoisotopic (exact) mass is 204 g/mol. The van der Waals surface area contributed by atoms with E-state index in [9.17, 15) is 0 Å². The van der Waals surface area contributed by atoms with Gasteiger partial charge in [0.05, 0.1) is 0 Å². The number of hydrogen-bond donors (Lipinski definition) is 0. The fourth-order valence-corrected chi connectivity index (χ4v) is 2.94. The molecule has 2 nitrogen and oxygen atoms in total. The van der Waals surface area contributed by atoms with E-state index in [-0.39, 0.29) is 5.41 Å². The summed E-state index contributed by atoms with van der Waals surface area (Å²) in [4.78, 5) is 0. The number of hydrogen-bond acceptors (Lipinski definition) is 2. The van der Waals surface area contributed by atoms with Crippen molar-refractivity contribution in [1.82, 2.24) is 0 Å². The van der Waals surface area contributed by atoms with E-state index < -0.39 is 9.28 Å². The Bertz CT molecular complexity index is 115. The summed E-state index contributed by atoms with van der Waals surface area (Å²) in [7, 11) is -1.33. The molecule has 0 rings (SSSR count). The molecule has 0 saturated carbocycles. The lowest BCUT2D eigenvalue weighted by Crippen LogP contribution is -2.27. The second-order valence-corrected chi connectivity index (χ2v) is 6.65. The molecular formula is C10H24O2Si. The van der Waals surface area contributed by atoms with Crippen molar-refractivity contribution >= 4 is 9.28 Å². The molecule has 0 radical (unpaired) electrons. The molecule has 13 heavy (non-hydrogen) atoms. The Hall–Kier alpha value is 0.137. The quantitative estimate of drug-likeness (QED) is 0.619. The van der Waals surface area contributed by atoms with Gasteiger partial charge in [-0.3, -0.25) is 0 Å². The van der Waals surface area contributed by atoms with Gasteiger partial charge in [-0.15, -0.1) is 0 Å². The highest BCUT2D eigenvalue weighted by molar-refractivity contribution is 6.44. The first-order valence-electron chi connectivity index (χ1n) is 5.22. The summed E-state index contributed by atoms with van der Waals surface area (Å²) in [6.07, 6.45) is 1.17. The van der Waals surface area contributed by atoms with Crippen molar-refractivity contribution in [3.63, 3.8) is 0 Å². The maximum atomic E-state index is 5.80. The minimum atomic E-state index is -1.33. The Morgan fingerprint density at radius 2 is 1.69 bits per heavy atom. The zero-order valence-electron chi connectivity index (χ0n) is 9.72. The first-order valence-corrected chi connectivity index (χ1v) is 6.98. The van der Waals surface area contributed by atoms with Crippen molar-refractivity contribution in [1.29, 1.82) is 0 Å². The SMILES string of the molecule is CCC[SiH](OCC)OCC(C)(C)C. The van der Waals surface area contributed by atoms with Crippen LogP contribution in [0.2, 0.25) is 6.04 Å². The Balaban J connectivity index is 3.68. The minimum absolute atomic E-state index is 0.260. The van der Waals surface area contributed by atoms with Crippen LogP contribution in [0.25, 0.3) is 0 Å². The third kappa shape index (κ3) is 8.47. The largest absolute Gasteiger partial charge is 0.397 e. The van der Waals surface area contributed by atoms with E-state index in [4.69, 9.17) is 8.85 Å². The predicted octanol–water partition coefficient (Wildman–Crippen LogP) is 2.72. The Kier molecular flexibility index (Phi) is 6.64. The van der Waals surface area contributed by atoms with E-state index in [1.54, 1.807) is 0 Å². The highest BCUT2D eigenvalue weighted by atomic mass is 28.3. The molecule has 0 bridgehead atoms. The first-order chi connectivity index (χ1) is 5.99. The maximum Gasteiger partial charge on any atom is 0.321 e. The van der Waals surface area contributed by atoms with Gasteiger partial charge in [0.25, 0.3) is 0 Å². The molecule has 0 aliphatic carbocycles. The van der Waals surface area contributed by atoms with Gasteiger partial charge in [-0.05, 0) is 18.4 Å². The minimum Gasteiger partial charge on any atom is -0.397 e. The molecule has 0 aromatic rings. The maximum absolute atomic E-state index is 5.80. The molecule has 0 aliphatic heterocycles. The van der Waals surface area contributed by atoms with Gasteiger partial charge in [-0.1, -0.05) is 34.1 Å². The van der Waals surface area contributed by atoms with Gasteiger partial charge in [0.2, 0.25) is 0 Å². The third-order valence-electron chi connectivity index (χ3n) is 1.58. The molecule has 0 heterocycles. The summed E-state index contributed by atoms with van der Waals surface area (Å²) in [5, 5.41) is 0. The molecule has 1 atom stereocenters. The molecule has 3 heteroatoms. The summed E-state index contributed by atoms with van der Waals surface area (Å²) < 4.78 is 11.4. The van der Waals surface area contributed by atoms with Crippen molar-refractivity contribution in [2.45, 2.75) is 47.1 Å². The summed E-state index contributed by atoms with van der Waals surface area (Å²) in [6, 6.07) is 1.13. The van der Waals surface area contributed by atoms with Gasteiger partial charge in [0.1, 0.15) is 0 Å². The summed E-state index contributed by atoms with van der Waals surface area (Å²) in [6.45, 7) is 12.4. The summed E-state index contributed by atoms with van der Waals surface area (Å²) >= 11 is 0. The molecule has 0 fully saturated rings. The highest BCUT2D eigenvalue weighted by Crippen LogP contribution is 2.14. The lowest BCUT2D eigenvalue weighted by molar-refractivity contribution is 0.144. The Labute approximate surface area is 84.5 Å². The second kappa shape index (κ2) is 6.57. The molecule has 1 unspecified atom stereocenters. The lowest BCUT2D eigenvalue weighted by Gasteiger charge is -2.22. The topological polar surface area (TPSA) is 18.5 Å². The van der Waals surface area contributed by atoms with Crippen LogP contribution in [0.4, 0.5) is 0 Å². The molecule has 0 aromatic carbocycles. The molecular weight excluding hydrogens is 180 g/mol. The van der Waals surface area contributed by atoms with Crippen molar-refractivity contribution in [3.8, 4) is 0 Å². The van der Waals surface area contributed by atoms with Crippen molar-refractivity contribution in [2.24, 2.45) is 5.41 Å². The van der Waals surface area contributed by atoms with Gasteiger partial charge < -0.3 is 8.85 Å². The van der Waals surface area contributed by atoms with Crippen LogP contribution in [-0.4, -0.2) is 22.5 Å². The van der Waals surface area contributed by atoms with Crippen molar-refractivity contribution < 1.29 is 8.85 Å². The van der Waals surface area contributed by atoms with Crippen LogP contribution in [0, 0.1) is 5.41 Å². The van der Waals surface area contributed by atoms with Crippen LogP contribution in [0.15, 0.2) is 0 Å². The van der Waals surface area contributed by atoms with Gasteiger partial charge in [-0.25, -0.2) is 0 Å². The predicted molar refractivity (Wildman–Crippen MR) is 59.3 cm³/mol. The van der Waals surface area contributed by atoms with E-state index in [2.05, 4.69) is 27.7 Å². The molecule has 0 amide bonds. The highest BCUT2D eigenvalue weighted by Gasteiger charge is 2.16. The fraction of sp³-hybridized carbons (Fsp3) is 1.00. The van der Waals surface area contributed by atoms with Gasteiger partial charge in [0, 0.05) is 13.2 Å². The fourth-order valence-electron chi connectivity index (χ4n) is 0.979. The van der Waals surface area contributed by atoms with E-state index in [1.165, 1.54) is 6.42 Å². The van der Waals surface area contributed by atoms with Crippen LogP contribution in [-0.2, 0) is 8.85 Å². The zero-order valence-corrected chi connectivity index (χ0v) is 10.9. The first kappa shape index (κ1) is 13.1. The van der Waals surface area contributed by atoms with Crippen molar-refractivity contribution in [2.75, 3.05) is 13.2 Å². The normalized spacial score (nSPS) is 14.5. The van der Waals surface area contributed by atoms with Crippen LogP contribution in [0.3, 0.4) is 0 Å². The van der Waals surface area contributed by atoms with Crippen molar-refractivity contribution in [3.05, 3.63) is 0 Å². The van der Waals surface area contributed by atoms with Crippen LogP contribution >= 0.6 is 0 Å². The molecule has 80 valence electrons. The molecule has 0 aliphatic rings. The Morgan fingerprint density at radius 1 is 1.08 bits per heavy atom. The van der Waals surface area contributed by atoms with E-state index in [0.29, 0.717) is 0 Å². The molecule has 0 spiro atoms. The van der Waals surface area contributed by atoms with E-state index in [0.717, 1.165) is 19.3 Å². The smallest absolute Gasteiger partial charge is 0.321 e. The standard InChI is InChI=1S/C10H24O2Si/c1-6-8-13(11-7-2)12-9-10(3,4)5/h13H,6-9H2,1-5H3. The number of rotatable bonds is 6. The average Bonchev–Trinajstić information content (AvgIpc) is 2.00. The van der Waals surface area contributed by atoms with Gasteiger partial charge >= 0.3 is 9.28 Å². The summed E-state index contributed by atoms with van der Waals surface area (Å²) in [5.41, 5.74) is 0.260. The average molecular weight is 204 g/mol. The van der Waals surface area contributed by atoms with Crippen LogP contribution in [0.5, 0.6) is 0 Å². The van der Waals surface area contributed by atoms with Crippen LogP contribution in [0.1, 0.15) is 41.0 Å². The molecule has 0 saturated heterocycles. The second-order valence-electron chi connectivity index (χ2n) is 4.55. The van der Waals surface area contributed by atoms with Gasteiger partial charge in [-0.2, -0.15) is 0 Å². The van der Waals surface area contributed by atoms with Crippen LogP contribution < -0.4 is 0 Å². The molecule has 0 N–H and O–H groups in total. The zero-order chi connectivity index (χ0) is 10.3.